The lowest BCUT2D eigenvalue weighted by Gasteiger charge is -2.27. The predicted octanol–water partition coefficient (Wildman–Crippen LogP) is 5.19. The lowest BCUT2D eigenvalue weighted by Crippen LogP contribution is -2.45. The molecule has 0 aromatic heterocycles. The van der Waals surface area contributed by atoms with E-state index in [9.17, 15) is 22.0 Å². The highest BCUT2D eigenvalue weighted by Gasteiger charge is 2.61. The maximum atomic E-state index is 13.7. The normalized spacial score (nSPS) is 14.3. The average molecular weight is 325 g/mol. The topological polar surface area (TPSA) is 26.0 Å². The fourth-order valence-corrected chi connectivity index (χ4v) is 2.71. The maximum Gasteiger partial charge on any atom is 0.455 e. The van der Waals surface area contributed by atoms with Gasteiger partial charge in [-0.05, 0) is 33.2 Å². The summed E-state index contributed by atoms with van der Waals surface area (Å²) in [4.78, 5) is 0. The summed E-state index contributed by atoms with van der Waals surface area (Å²) in [5.41, 5.74) is 5.13. The van der Waals surface area contributed by atoms with Crippen molar-refractivity contribution in [1.82, 2.24) is 0 Å². The van der Waals surface area contributed by atoms with E-state index in [-0.39, 0.29) is 5.56 Å². The van der Waals surface area contributed by atoms with Crippen molar-refractivity contribution < 1.29 is 22.0 Å². The quantitative estimate of drug-likeness (QED) is 0.509. The van der Waals surface area contributed by atoms with E-state index in [4.69, 9.17) is 5.73 Å². The second-order valence-corrected chi connectivity index (χ2v) is 5.33. The van der Waals surface area contributed by atoms with Gasteiger partial charge < -0.3 is 5.73 Å². The van der Waals surface area contributed by atoms with Gasteiger partial charge in [0.2, 0.25) is 0 Å². The van der Waals surface area contributed by atoms with Crippen LogP contribution in [0.1, 0.15) is 11.6 Å². The molecule has 23 heavy (non-hydrogen) atoms. The molecule has 3 rings (SSSR count). The van der Waals surface area contributed by atoms with E-state index in [0.29, 0.717) is 16.2 Å². The highest BCUT2D eigenvalue weighted by atomic mass is 19.4. The zero-order chi connectivity index (χ0) is 16.8. The zero-order valence-electron chi connectivity index (χ0n) is 11.7. The van der Waals surface area contributed by atoms with Gasteiger partial charge in [0.15, 0.2) is 0 Å². The van der Waals surface area contributed by atoms with E-state index in [1.54, 1.807) is 42.5 Å². The summed E-state index contributed by atoms with van der Waals surface area (Å²) in [6, 6.07) is 12.2. The van der Waals surface area contributed by atoms with Crippen LogP contribution in [-0.2, 0) is 0 Å². The van der Waals surface area contributed by atoms with Gasteiger partial charge in [-0.3, -0.25) is 0 Å². The summed E-state index contributed by atoms with van der Waals surface area (Å²) >= 11 is 0. The first kappa shape index (κ1) is 15.7. The number of hydrogen-bond donors (Lipinski definition) is 1. The molecule has 0 spiro atoms. The molecule has 1 atom stereocenters. The van der Waals surface area contributed by atoms with Crippen molar-refractivity contribution in [1.29, 1.82) is 0 Å². The van der Waals surface area contributed by atoms with E-state index in [1.165, 1.54) is 12.1 Å². The van der Waals surface area contributed by atoms with Gasteiger partial charge in [-0.1, -0.05) is 48.5 Å². The Hall–Kier alpha value is -2.21. The molecule has 3 aromatic carbocycles. The molecule has 6 heteroatoms. The van der Waals surface area contributed by atoms with Crippen LogP contribution < -0.4 is 5.73 Å². The lowest BCUT2D eigenvalue weighted by molar-refractivity contribution is -0.290. The molecule has 0 aliphatic rings. The summed E-state index contributed by atoms with van der Waals surface area (Å²) in [6.07, 6.45) is -5.71. The molecule has 0 amide bonds. The molecular weight excluding hydrogens is 313 g/mol. The lowest BCUT2D eigenvalue weighted by atomic mass is 9.91. The van der Waals surface area contributed by atoms with Crippen molar-refractivity contribution in [3.8, 4) is 0 Å². The number of hydrogen-bond acceptors (Lipinski definition) is 1. The summed E-state index contributed by atoms with van der Waals surface area (Å²) in [6.45, 7) is 0. The molecule has 3 aromatic rings. The first-order valence-electron chi connectivity index (χ1n) is 6.84. The van der Waals surface area contributed by atoms with Gasteiger partial charge in [-0.25, -0.2) is 0 Å². The van der Waals surface area contributed by atoms with E-state index < -0.39 is 18.1 Å². The summed E-state index contributed by atoms with van der Waals surface area (Å²) < 4.78 is 65.3. The first-order chi connectivity index (χ1) is 10.7. The van der Waals surface area contributed by atoms with E-state index in [2.05, 4.69) is 0 Å². The SMILES string of the molecule is N[C@H](c1cc2ccccc2c2ccccc12)C(F)(F)C(F)(F)F. The standard InChI is InChI=1S/C17H12F5N/c18-16(19,17(20,21)22)15(23)14-9-10-5-1-2-6-11(10)12-7-3-4-8-13(12)14/h1-9,15H,23H2/t15-/m1/s1. The Balaban J connectivity index is 2.32. The minimum absolute atomic E-state index is 0.221. The molecule has 0 heterocycles. The van der Waals surface area contributed by atoms with Crippen molar-refractivity contribution in [2.75, 3.05) is 0 Å². The van der Waals surface area contributed by atoms with Gasteiger partial charge in [-0.15, -0.1) is 0 Å². The molecule has 0 bridgehead atoms. The Morgan fingerprint density at radius 3 is 1.87 bits per heavy atom. The number of halogens is 5. The fourth-order valence-electron chi connectivity index (χ4n) is 2.71. The summed E-state index contributed by atoms with van der Waals surface area (Å²) in [5.74, 6) is -5.02. The maximum absolute atomic E-state index is 13.7. The number of fused-ring (bicyclic) bond motifs is 3. The minimum Gasteiger partial charge on any atom is -0.319 e. The van der Waals surface area contributed by atoms with Crippen LogP contribution in [0.25, 0.3) is 21.5 Å². The first-order valence-corrected chi connectivity index (χ1v) is 6.84. The summed E-state index contributed by atoms with van der Waals surface area (Å²) in [7, 11) is 0. The Morgan fingerprint density at radius 2 is 1.26 bits per heavy atom. The largest absolute Gasteiger partial charge is 0.455 e. The molecular formula is C17H12F5N. The van der Waals surface area contributed by atoms with Crippen LogP contribution in [0.2, 0.25) is 0 Å². The number of benzene rings is 3. The fraction of sp³-hybridized carbons (Fsp3) is 0.176. The van der Waals surface area contributed by atoms with Crippen molar-refractivity contribution in [3.63, 3.8) is 0 Å². The van der Waals surface area contributed by atoms with Gasteiger partial charge in [0.05, 0.1) is 0 Å². The average Bonchev–Trinajstić information content (AvgIpc) is 2.52. The molecule has 0 radical (unpaired) electrons. The molecule has 0 fully saturated rings. The molecule has 1 nitrogen and oxygen atoms in total. The molecule has 0 aliphatic heterocycles. The van der Waals surface area contributed by atoms with Gasteiger partial charge in [0.25, 0.3) is 0 Å². The van der Waals surface area contributed by atoms with Crippen molar-refractivity contribution >= 4 is 21.5 Å². The van der Waals surface area contributed by atoms with Gasteiger partial charge in [-0.2, -0.15) is 22.0 Å². The van der Waals surface area contributed by atoms with Crippen LogP contribution in [0.3, 0.4) is 0 Å². The van der Waals surface area contributed by atoms with Crippen LogP contribution in [0.4, 0.5) is 22.0 Å². The summed E-state index contributed by atoms with van der Waals surface area (Å²) in [5, 5.41) is 2.22. The van der Waals surface area contributed by atoms with Gasteiger partial charge in [0, 0.05) is 0 Å². The van der Waals surface area contributed by atoms with E-state index in [1.807, 2.05) is 0 Å². The molecule has 120 valence electrons. The minimum atomic E-state index is -5.71. The number of rotatable bonds is 2. The van der Waals surface area contributed by atoms with Crippen LogP contribution in [0, 0.1) is 0 Å². The van der Waals surface area contributed by atoms with Gasteiger partial charge >= 0.3 is 12.1 Å². The monoisotopic (exact) mass is 325 g/mol. The van der Waals surface area contributed by atoms with Gasteiger partial charge in [0.1, 0.15) is 6.04 Å². The Kier molecular flexibility index (Phi) is 3.52. The highest BCUT2D eigenvalue weighted by Crippen LogP contribution is 2.45. The third-order valence-corrected chi connectivity index (χ3v) is 3.90. The third kappa shape index (κ3) is 2.43. The smallest absolute Gasteiger partial charge is 0.319 e. The third-order valence-electron chi connectivity index (χ3n) is 3.90. The van der Waals surface area contributed by atoms with E-state index >= 15 is 0 Å². The Morgan fingerprint density at radius 1 is 0.739 bits per heavy atom. The Labute approximate surface area is 128 Å². The molecule has 0 saturated heterocycles. The molecule has 0 aliphatic carbocycles. The predicted molar refractivity (Wildman–Crippen MR) is 79.4 cm³/mol. The Bertz CT molecular complexity index is 870. The number of nitrogens with two attached hydrogens (primary N) is 1. The van der Waals surface area contributed by atoms with Crippen molar-refractivity contribution in [2.45, 2.75) is 18.1 Å². The van der Waals surface area contributed by atoms with Crippen LogP contribution in [0.15, 0.2) is 54.6 Å². The molecule has 0 saturated carbocycles. The van der Waals surface area contributed by atoms with Crippen molar-refractivity contribution in [2.24, 2.45) is 5.73 Å². The van der Waals surface area contributed by atoms with Crippen LogP contribution >= 0.6 is 0 Å². The number of alkyl halides is 5. The van der Waals surface area contributed by atoms with Crippen LogP contribution in [-0.4, -0.2) is 12.1 Å². The van der Waals surface area contributed by atoms with Crippen molar-refractivity contribution in [3.05, 3.63) is 60.2 Å². The second-order valence-electron chi connectivity index (χ2n) is 5.33. The van der Waals surface area contributed by atoms with Crippen LogP contribution in [0.5, 0.6) is 0 Å². The van der Waals surface area contributed by atoms with E-state index in [0.717, 1.165) is 5.39 Å². The second kappa shape index (κ2) is 5.16. The highest BCUT2D eigenvalue weighted by molar-refractivity contribution is 6.09. The molecule has 2 N–H and O–H groups in total. The molecule has 0 unspecified atom stereocenters. The zero-order valence-corrected chi connectivity index (χ0v) is 11.7.